The lowest BCUT2D eigenvalue weighted by Gasteiger charge is -2.12. The molecule has 0 unspecified atom stereocenters. The van der Waals surface area contributed by atoms with E-state index in [0.717, 1.165) is 30.6 Å². The smallest absolute Gasteiger partial charge is 0.241 e. The van der Waals surface area contributed by atoms with Gasteiger partial charge >= 0.3 is 0 Å². The zero-order valence-electron chi connectivity index (χ0n) is 11.1. The molecule has 2 aromatic rings. The quantitative estimate of drug-likeness (QED) is 0.871. The van der Waals surface area contributed by atoms with E-state index in [1.165, 1.54) is 6.33 Å². The minimum absolute atomic E-state index is 0.0420. The zero-order chi connectivity index (χ0) is 13.8. The fraction of sp³-hybridized carbons (Fsp3) is 0.357. The number of benzene rings is 1. The Kier molecular flexibility index (Phi) is 3.73. The van der Waals surface area contributed by atoms with Crippen LogP contribution in [0.15, 0.2) is 36.9 Å². The molecule has 3 rings (SSSR count). The zero-order valence-corrected chi connectivity index (χ0v) is 11.1. The molecule has 0 saturated carbocycles. The Labute approximate surface area is 117 Å². The van der Waals surface area contributed by atoms with Crippen molar-refractivity contribution in [3.63, 3.8) is 0 Å². The van der Waals surface area contributed by atoms with Crippen molar-refractivity contribution in [2.45, 2.75) is 25.4 Å². The lowest BCUT2D eigenvalue weighted by molar-refractivity contribution is -0.117. The van der Waals surface area contributed by atoms with Gasteiger partial charge in [-0.05, 0) is 37.1 Å². The van der Waals surface area contributed by atoms with Crippen molar-refractivity contribution in [2.24, 2.45) is 0 Å². The first-order chi connectivity index (χ1) is 9.81. The molecule has 0 aliphatic carbocycles. The SMILES string of the molecule is O=C(Nc1cccc(Cn2cncn2)c1)[C@@H]1CCCN1. The van der Waals surface area contributed by atoms with Gasteiger partial charge in [0.1, 0.15) is 12.7 Å². The van der Waals surface area contributed by atoms with Crippen LogP contribution < -0.4 is 10.6 Å². The molecule has 1 aromatic carbocycles. The number of aromatic nitrogens is 3. The van der Waals surface area contributed by atoms with Crippen LogP contribution in [0.25, 0.3) is 0 Å². The van der Waals surface area contributed by atoms with Crippen LogP contribution in [0, 0.1) is 0 Å². The number of carbonyl (C=O) groups excluding carboxylic acids is 1. The monoisotopic (exact) mass is 271 g/mol. The highest BCUT2D eigenvalue weighted by Gasteiger charge is 2.21. The number of amides is 1. The van der Waals surface area contributed by atoms with Crippen molar-refractivity contribution in [1.82, 2.24) is 20.1 Å². The van der Waals surface area contributed by atoms with Crippen LogP contribution in [-0.4, -0.2) is 33.3 Å². The number of nitrogens with zero attached hydrogens (tertiary/aromatic N) is 3. The summed E-state index contributed by atoms with van der Waals surface area (Å²) >= 11 is 0. The topological polar surface area (TPSA) is 71.8 Å². The Morgan fingerprint density at radius 3 is 3.20 bits per heavy atom. The Morgan fingerprint density at radius 1 is 1.50 bits per heavy atom. The first-order valence-corrected chi connectivity index (χ1v) is 6.77. The van der Waals surface area contributed by atoms with Crippen molar-refractivity contribution in [3.05, 3.63) is 42.5 Å². The maximum absolute atomic E-state index is 12.0. The van der Waals surface area contributed by atoms with Crippen LogP contribution in [0.4, 0.5) is 5.69 Å². The third-order valence-corrected chi connectivity index (χ3v) is 3.38. The van der Waals surface area contributed by atoms with Crippen LogP contribution in [0.5, 0.6) is 0 Å². The lowest BCUT2D eigenvalue weighted by atomic mass is 10.1. The molecule has 104 valence electrons. The molecule has 1 atom stereocenters. The Hall–Kier alpha value is -2.21. The van der Waals surface area contributed by atoms with Crippen molar-refractivity contribution in [3.8, 4) is 0 Å². The van der Waals surface area contributed by atoms with Crippen molar-refractivity contribution in [2.75, 3.05) is 11.9 Å². The first-order valence-electron chi connectivity index (χ1n) is 6.77. The third-order valence-electron chi connectivity index (χ3n) is 3.38. The maximum atomic E-state index is 12.0. The summed E-state index contributed by atoms with van der Waals surface area (Å²) in [5, 5.41) is 10.2. The van der Waals surface area contributed by atoms with Crippen LogP contribution in [0.3, 0.4) is 0 Å². The summed E-state index contributed by atoms with van der Waals surface area (Å²) in [6.07, 6.45) is 5.15. The second-order valence-electron chi connectivity index (χ2n) is 4.93. The van der Waals surface area contributed by atoms with Gasteiger partial charge in [0.25, 0.3) is 0 Å². The van der Waals surface area contributed by atoms with Crippen molar-refractivity contribution >= 4 is 11.6 Å². The normalized spacial score (nSPS) is 18.1. The van der Waals surface area contributed by atoms with Gasteiger partial charge in [-0.15, -0.1) is 0 Å². The van der Waals surface area contributed by atoms with Gasteiger partial charge in [-0.25, -0.2) is 9.67 Å². The molecule has 1 amide bonds. The average molecular weight is 271 g/mol. The van der Waals surface area contributed by atoms with Gasteiger partial charge in [-0.2, -0.15) is 5.10 Å². The highest BCUT2D eigenvalue weighted by Crippen LogP contribution is 2.14. The number of carbonyl (C=O) groups is 1. The van der Waals surface area contributed by atoms with E-state index in [0.29, 0.717) is 6.54 Å². The van der Waals surface area contributed by atoms with Crippen molar-refractivity contribution in [1.29, 1.82) is 0 Å². The summed E-state index contributed by atoms with van der Waals surface area (Å²) in [7, 11) is 0. The van der Waals surface area contributed by atoms with Gasteiger partial charge in [0, 0.05) is 5.69 Å². The van der Waals surface area contributed by atoms with Gasteiger partial charge in [-0.3, -0.25) is 4.79 Å². The molecule has 0 bridgehead atoms. The summed E-state index contributed by atoms with van der Waals surface area (Å²) in [6, 6.07) is 7.75. The Morgan fingerprint density at radius 2 is 2.45 bits per heavy atom. The van der Waals surface area contributed by atoms with Crippen LogP contribution >= 0.6 is 0 Å². The van der Waals surface area contributed by atoms with Crippen LogP contribution in [0.2, 0.25) is 0 Å². The van der Waals surface area contributed by atoms with E-state index in [1.807, 2.05) is 24.3 Å². The first kappa shape index (κ1) is 12.8. The second kappa shape index (κ2) is 5.83. The molecule has 0 radical (unpaired) electrons. The van der Waals surface area contributed by atoms with E-state index in [4.69, 9.17) is 0 Å². The predicted octanol–water partition coefficient (Wildman–Crippen LogP) is 1.02. The molecule has 6 nitrogen and oxygen atoms in total. The molecule has 1 aliphatic rings. The molecule has 20 heavy (non-hydrogen) atoms. The third kappa shape index (κ3) is 3.03. The van der Waals surface area contributed by atoms with Gasteiger partial charge in [-0.1, -0.05) is 12.1 Å². The lowest BCUT2D eigenvalue weighted by Crippen LogP contribution is -2.35. The molecule has 1 fully saturated rings. The molecule has 1 saturated heterocycles. The number of rotatable bonds is 4. The fourth-order valence-electron chi connectivity index (χ4n) is 2.39. The summed E-state index contributed by atoms with van der Waals surface area (Å²) in [4.78, 5) is 16.0. The standard InChI is InChI=1S/C14H17N5O/c20-14(13-5-2-6-16-13)18-12-4-1-3-11(7-12)8-19-10-15-9-17-19/h1,3-4,7,9-10,13,16H,2,5-6,8H2,(H,18,20)/t13-/m0/s1. The molecule has 2 heterocycles. The van der Waals surface area contributed by atoms with E-state index in [1.54, 1.807) is 11.0 Å². The highest BCUT2D eigenvalue weighted by molar-refractivity contribution is 5.95. The average Bonchev–Trinajstić information content (AvgIpc) is 3.12. The second-order valence-corrected chi connectivity index (χ2v) is 4.93. The Bertz CT molecular complexity index is 575. The number of hydrogen-bond donors (Lipinski definition) is 2. The molecule has 2 N–H and O–H groups in total. The molecular formula is C14H17N5O. The van der Waals surface area contributed by atoms with E-state index in [-0.39, 0.29) is 11.9 Å². The Balaban J connectivity index is 1.66. The summed E-state index contributed by atoms with van der Waals surface area (Å²) in [5.41, 5.74) is 1.90. The van der Waals surface area contributed by atoms with Gasteiger partial charge in [0.2, 0.25) is 5.91 Å². The van der Waals surface area contributed by atoms with Crippen LogP contribution in [0.1, 0.15) is 18.4 Å². The van der Waals surface area contributed by atoms with Gasteiger partial charge in [0.15, 0.2) is 0 Å². The largest absolute Gasteiger partial charge is 0.325 e. The van der Waals surface area contributed by atoms with Gasteiger partial charge in [0.05, 0.1) is 12.6 Å². The number of nitrogens with one attached hydrogen (secondary N) is 2. The fourth-order valence-corrected chi connectivity index (χ4v) is 2.39. The predicted molar refractivity (Wildman–Crippen MR) is 75.2 cm³/mol. The van der Waals surface area contributed by atoms with E-state index < -0.39 is 0 Å². The maximum Gasteiger partial charge on any atom is 0.241 e. The minimum Gasteiger partial charge on any atom is -0.325 e. The van der Waals surface area contributed by atoms with E-state index in [9.17, 15) is 4.79 Å². The molecule has 6 heteroatoms. The number of anilines is 1. The number of hydrogen-bond acceptors (Lipinski definition) is 4. The van der Waals surface area contributed by atoms with Crippen molar-refractivity contribution < 1.29 is 4.79 Å². The van der Waals surface area contributed by atoms with Crippen LogP contribution in [-0.2, 0) is 11.3 Å². The summed E-state index contributed by atoms with van der Waals surface area (Å²) in [5.74, 6) is 0.0420. The summed E-state index contributed by atoms with van der Waals surface area (Å²) < 4.78 is 1.75. The molecule has 0 spiro atoms. The summed E-state index contributed by atoms with van der Waals surface area (Å²) in [6.45, 7) is 1.57. The minimum atomic E-state index is -0.0611. The van der Waals surface area contributed by atoms with Gasteiger partial charge < -0.3 is 10.6 Å². The molecule has 1 aliphatic heterocycles. The van der Waals surface area contributed by atoms with E-state index >= 15 is 0 Å². The highest BCUT2D eigenvalue weighted by atomic mass is 16.2. The molecular weight excluding hydrogens is 254 g/mol. The molecule has 1 aromatic heterocycles. The van der Waals surface area contributed by atoms with E-state index in [2.05, 4.69) is 20.7 Å².